The largest absolute Gasteiger partial charge is 0.497 e. The van der Waals surface area contributed by atoms with Crippen molar-refractivity contribution in [3.05, 3.63) is 24.3 Å². The number of hydrogen-bond donors (Lipinski definition) is 1. The molecule has 0 aromatic heterocycles. The average molecular weight is 356 g/mol. The second kappa shape index (κ2) is 10.2. The molecule has 136 valence electrons. The summed E-state index contributed by atoms with van der Waals surface area (Å²) >= 11 is 0. The van der Waals surface area contributed by atoms with Crippen molar-refractivity contribution >= 4 is 21.6 Å². The number of ether oxygens (including phenoxy) is 1. The van der Waals surface area contributed by atoms with Crippen molar-refractivity contribution < 1.29 is 17.9 Å². The third kappa shape index (κ3) is 7.21. The number of hydrogen-bond acceptors (Lipinski definition) is 4. The van der Waals surface area contributed by atoms with Gasteiger partial charge in [0.1, 0.15) is 5.75 Å². The van der Waals surface area contributed by atoms with Crippen LogP contribution in [-0.4, -0.2) is 40.8 Å². The highest BCUT2D eigenvalue weighted by Crippen LogP contribution is 2.23. The number of unbranched alkanes of at least 4 members (excludes halogenated alkanes) is 2. The first-order valence-corrected chi connectivity index (χ1v) is 10.1. The highest BCUT2D eigenvalue weighted by molar-refractivity contribution is 7.92. The Labute approximate surface area is 145 Å². The Hall–Kier alpha value is -1.76. The molecule has 0 fully saturated rings. The summed E-state index contributed by atoms with van der Waals surface area (Å²) in [5, 5.41) is 2.86. The fraction of sp³-hybridized carbons (Fsp3) is 0.588. The van der Waals surface area contributed by atoms with Gasteiger partial charge in [-0.05, 0) is 25.0 Å². The lowest BCUT2D eigenvalue weighted by Gasteiger charge is -2.22. The van der Waals surface area contributed by atoms with Crippen LogP contribution in [0.1, 0.15) is 39.0 Å². The van der Waals surface area contributed by atoms with Crippen LogP contribution in [0.4, 0.5) is 5.69 Å². The van der Waals surface area contributed by atoms with Crippen LogP contribution in [0.5, 0.6) is 5.75 Å². The molecule has 0 spiro atoms. The van der Waals surface area contributed by atoms with Crippen molar-refractivity contribution in [3.8, 4) is 5.75 Å². The maximum absolute atomic E-state index is 12.0. The molecule has 0 radical (unpaired) electrons. The van der Waals surface area contributed by atoms with E-state index in [1.165, 1.54) is 11.4 Å². The standard InChI is InChI=1S/C17H28N2O4S/c1-4-5-6-12-18-17(20)11-8-13-19(24(3,21)22)15-9-7-10-16(14-15)23-2/h7,9-10,14H,4-6,8,11-13H2,1-3H3,(H,18,20). The van der Waals surface area contributed by atoms with E-state index in [9.17, 15) is 13.2 Å². The van der Waals surface area contributed by atoms with Gasteiger partial charge >= 0.3 is 0 Å². The monoisotopic (exact) mass is 356 g/mol. The van der Waals surface area contributed by atoms with Gasteiger partial charge in [-0.15, -0.1) is 0 Å². The van der Waals surface area contributed by atoms with Gasteiger partial charge in [-0.3, -0.25) is 9.10 Å². The van der Waals surface area contributed by atoms with E-state index in [1.54, 1.807) is 24.3 Å². The molecule has 0 unspecified atom stereocenters. The Morgan fingerprint density at radius 3 is 2.62 bits per heavy atom. The van der Waals surface area contributed by atoms with Crippen LogP contribution < -0.4 is 14.4 Å². The molecule has 1 aromatic carbocycles. The molecule has 0 atom stereocenters. The molecule has 0 saturated heterocycles. The quantitative estimate of drug-likeness (QED) is 0.618. The van der Waals surface area contributed by atoms with Gasteiger partial charge in [0, 0.05) is 25.6 Å². The number of nitrogens with zero attached hydrogens (tertiary/aromatic N) is 1. The van der Waals surface area contributed by atoms with Crippen molar-refractivity contribution in [1.82, 2.24) is 5.32 Å². The first-order valence-electron chi connectivity index (χ1n) is 8.27. The highest BCUT2D eigenvalue weighted by atomic mass is 32.2. The summed E-state index contributed by atoms with van der Waals surface area (Å²) in [6.07, 6.45) is 5.11. The van der Waals surface area contributed by atoms with Crippen molar-refractivity contribution in [1.29, 1.82) is 0 Å². The van der Waals surface area contributed by atoms with Crippen molar-refractivity contribution in [3.63, 3.8) is 0 Å². The van der Waals surface area contributed by atoms with Gasteiger partial charge < -0.3 is 10.1 Å². The van der Waals surface area contributed by atoms with Crippen LogP contribution in [0.15, 0.2) is 24.3 Å². The van der Waals surface area contributed by atoms with Crippen LogP contribution >= 0.6 is 0 Å². The van der Waals surface area contributed by atoms with Gasteiger partial charge in [0.05, 0.1) is 19.1 Å². The lowest BCUT2D eigenvalue weighted by Crippen LogP contribution is -2.32. The minimum Gasteiger partial charge on any atom is -0.497 e. The number of anilines is 1. The molecule has 6 nitrogen and oxygen atoms in total. The molecular weight excluding hydrogens is 328 g/mol. The van der Waals surface area contributed by atoms with E-state index in [4.69, 9.17) is 4.74 Å². The predicted molar refractivity (Wildman–Crippen MR) is 97.0 cm³/mol. The zero-order chi connectivity index (χ0) is 18.0. The van der Waals surface area contributed by atoms with Crippen LogP contribution in [0.3, 0.4) is 0 Å². The molecule has 0 bridgehead atoms. The Morgan fingerprint density at radius 1 is 1.25 bits per heavy atom. The number of amides is 1. The first kappa shape index (κ1) is 20.3. The molecule has 0 saturated carbocycles. The lowest BCUT2D eigenvalue weighted by molar-refractivity contribution is -0.121. The van der Waals surface area contributed by atoms with Crippen LogP contribution in [0.25, 0.3) is 0 Å². The molecular formula is C17H28N2O4S. The van der Waals surface area contributed by atoms with Gasteiger partial charge in [-0.1, -0.05) is 25.8 Å². The second-order valence-corrected chi connectivity index (χ2v) is 7.60. The summed E-state index contributed by atoms with van der Waals surface area (Å²) in [5.74, 6) is 0.556. The molecule has 1 N–H and O–H groups in total. The van der Waals surface area contributed by atoms with Gasteiger partial charge in [0.15, 0.2) is 0 Å². The first-order chi connectivity index (χ1) is 11.4. The number of benzene rings is 1. The van der Waals surface area contributed by atoms with Crippen molar-refractivity contribution in [2.75, 3.05) is 30.8 Å². The van der Waals surface area contributed by atoms with Crippen molar-refractivity contribution in [2.24, 2.45) is 0 Å². The predicted octanol–water partition coefficient (Wildman–Crippen LogP) is 2.55. The number of sulfonamides is 1. The number of carbonyl (C=O) groups excluding carboxylic acids is 1. The summed E-state index contributed by atoms with van der Waals surface area (Å²) in [7, 11) is -1.88. The van der Waals surface area contributed by atoms with E-state index >= 15 is 0 Å². The van der Waals surface area contributed by atoms with E-state index in [2.05, 4.69) is 12.2 Å². The van der Waals surface area contributed by atoms with E-state index in [0.29, 0.717) is 30.8 Å². The van der Waals surface area contributed by atoms with Crippen LogP contribution in [0, 0.1) is 0 Å². The molecule has 1 rings (SSSR count). The van der Waals surface area contributed by atoms with Gasteiger partial charge in [0.2, 0.25) is 15.9 Å². The van der Waals surface area contributed by atoms with Gasteiger partial charge in [-0.2, -0.15) is 0 Å². The maximum atomic E-state index is 12.0. The number of rotatable bonds is 11. The Balaban J connectivity index is 2.57. The molecule has 1 amide bonds. The summed E-state index contributed by atoms with van der Waals surface area (Å²) < 4.78 is 30.5. The third-order valence-electron chi connectivity index (χ3n) is 3.61. The molecule has 24 heavy (non-hydrogen) atoms. The molecule has 1 aromatic rings. The fourth-order valence-corrected chi connectivity index (χ4v) is 3.28. The molecule has 0 heterocycles. The molecule has 7 heteroatoms. The summed E-state index contributed by atoms with van der Waals surface area (Å²) in [4.78, 5) is 11.8. The SMILES string of the molecule is CCCCCNC(=O)CCCN(c1cccc(OC)c1)S(C)(=O)=O. The summed E-state index contributed by atoms with van der Waals surface area (Å²) in [5.41, 5.74) is 0.542. The second-order valence-electron chi connectivity index (χ2n) is 5.70. The minimum atomic E-state index is -3.42. The zero-order valence-corrected chi connectivity index (χ0v) is 15.6. The molecule has 0 aliphatic carbocycles. The lowest BCUT2D eigenvalue weighted by atomic mass is 10.2. The van der Waals surface area contributed by atoms with Gasteiger partial charge in [0.25, 0.3) is 0 Å². The number of methoxy groups -OCH3 is 1. The smallest absolute Gasteiger partial charge is 0.232 e. The fourth-order valence-electron chi connectivity index (χ4n) is 2.33. The number of carbonyl (C=O) groups is 1. The zero-order valence-electron chi connectivity index (χ0n) is 14.7. The maximum Gasteiger partial charge on any atom is 0.232 e. The van der Waals surface area contributed by atoms with E-state index in [0.717, 1.165) is 25.5 Å². The summed E-state index contributed by atoms with van der Waals surface area (Å²) in [6.45, 7) is 3.05. The average Bonchev–Trinajstić information content (AvgIpc) is 2.54. The van der Waals surface area contributed by atoms with E-state index in [1.807, 2.05) is 0 Å². The van der Waals surface area contributed by atoms with Crippen molar-refractivity contribution in [2.45, 2.75) is 39.0 Å². The van der Waals surface area contributed by atoms with E-state index < -0.39 is 10.0 Å². The molecule has 0 aliphatic heterocycles. The topological polar surface area (TPSA) is 75.7 Å². The van der Waals surface area contributed by atoms with E-state index in [-0.39, 0.29) is 12.5 Å². The van der Waals surface area contributed by atoms with Gasteiger partial charge in [-0.25, -0.2) is 8.42 Å². The number of nitrogens with one attached hydrogen (secondary N) is 1. The normalized spacial score (nSPS) is 11.1. The third-order valence-corrected chi connectivity index (χ3v) is 4.80. The van der Waals surface area contributed by atoms with Crippen LogP contribution in [-0.2, 0) is 14.8 Å². The Bertz CT molecular complexity index is 617. The Kier molecular flexibility index (Phi) is 8.60. The summed E-state index contributed by atoms with van der Waals surface area (Å²) in [6, 6.07) is 6.89. The minimum absolute atomic E-state index is 0.0369. The van der Waals surface area contributed by atoms with Crippen LogP contribution in [0.2, 0.25) is 0 Å². The Morgan fingerprint density at radius 2 is 2.00 bits per heavy atom. The highest BCUT2D eigenvalue weighted by Gasteiger charge is 2.18. The molecule has 0 aliphatic rings.